The molecule has 3 N–H and O–H groups in total. The molecule has 1 atom stereocenters. The molecule has 15 heavy (non-hydrogen) atoms. The van der Waals surface area contributed by atoms with Crippen LogP contribution in [0.25, 0.3) is 10.9 Å². The van der Waals surface area contributed by atoms with Crippen molar-refractivity contribution < 1.29 is 4.79 Å². The van der Waals surface area contributed by atoms with E-state index in [0.717, 1.165) is 10.9 Å². The molecule has 2 rings (SSSR count). The minimum atomic E-state index is -0.535. The highest BCUT2D eigenvalue weighted by molar-refractivity contribution is 7.80. The summed E-state index contributed by atoms with van der Waals surface area (Å²) in [6.45, 7) is 0. The normalized spacial score (nSPS) is 12.9. The smallest absolute Gasteiger partial charge is 0.182 e. The summed E-state index contributed by atoms with van der Waals surface area (Å²) in [6.07, 6.45) is 1.70. The summed E-state index contributed by atoms with van der Waals surface area (Å²) < 4.78 is 0. The van der Waals surface area contributed by atoms with Gasteiger partial charge in [0.05, 0.1) is 6.04 Å². The van der Waals surface area contributed by atoms with Crippen molar-refractivity contribution in [2.75, 3.05) is 5.75 Å². The number of H-pyrrole nitrogens is 1. The Hall–Kier alpha value is -1.26. The lowest BCUT2D eigenvalue weighted by molar-refractivity contribution is 0.0971. The number of carbonyl (C=O) groups is 1. The van der Waals surface area contributed by atoms with E-state index in [1.54, 1.807) is 6.20 Å². The number of benzene rings is 1. The van der Waals surface area contributed by atoms with Crippen molar-refractivity contribution in [2.45, 2.75) is 6.04 Å². The molecule has 1 aromatic heterocycles. The molecule has 3 nitrogen and oxygen atoms in total. The van der Waals surface area contributed by atoms with Crippen LogP contribution in [-0.4, -0.2) is 22.6 Å². The van der Waals surface area contributed by atoms with Gasteiger partial charge in [0.15, 0.2) is 5.78 Å². The zero-order chi connectivity index (χ0) is 10.8. The highest BCUT2D eigenvalue weighted by atomic mass is 32.1. The monoisotopic (exact) mass is 220 g/mol. The molecule has 0 aliphatic heterocycles. The van der Waals surface area contributed by atoms with Gasteiger partial charge in [-0.2, -0.15) is 12.6 Å². The maximum Gasteiger partial charge on any atom is 0.182 e. The van der Waals surface area contributed by atoms with Crippen LogP contribution >= 0.6 is 12.6 Å². The van der Waals surface area contributed by atoms with E-state index in [9.17, 15) is 4.79 Å². The molecule has 0 unspecified atom stereocenters. The van der Waals surface area contributed by atoms with Gasteiger partial charge in [-0.15, -0.1) is 0 Å². The van der Waals surface area contributed by atoms with Crippen LogP contribution in [-0.2, 0) is 0 Å². The maximum absolute atomic E-state index is 11.9. The predicted molar refractivity (Wildman–Crippen MR) is 64.5 cm³/mol. The van der Waals surface area contributed by atoms with Crippen molar-refractivity contribution >= 4 is 29.3 Å². The van der Waals surface area contributed by atoms with Gasteiger partial charge in [-0.25, -0.2) is 0 Å². The number of fused-ring (bicyclic) bond motifs is 1. The summed E-state index contributed by atoms with van der Waals surface area (Å²) in [5.41, 5.74) is 7.26. The van der Waals surface area contributed by atoms with Gasteiger partial charge in [-0.3, -0.25) is 4.79 Å². The lowest BCUT2D eigenvalue weighted by Crippen LogP contribution is -2.32. The average molecular weight is 220 g/mol. The number of carbonyl (C=O) groups excluding carboxylic acids is 1. The van der Waals surface area contributed by atoms with E-state index in [-0.39, 0.29) is 5.78 Å². The summed E-state index contributed by atoms with van der Waals surface area (Å²) in [6, 6.07) is 7.13. The van der Waals surface area contributed by atoms with Crippen molar-refractivity contribution in [3.8, 4) is 0 Å². The topological polar surface area (TPSA) is 58.9 Å². The number of hydrogen-bond acceptors (Lipinski definition) is 3. The van der Waals surface area contributed by atoms with Crippen LogP contribution in [0.15, 0.2) is 30.5 Å². The molecule has 0 radical (unpaired) electrons. The lowest BCUT2D eigenvalue weighted by atomic mass is 10.1. The van der Waals surface area contributed by atoms with Crippen molar-refractivity contribution in [3.05, 3.63) is 36.0 Å². The number of nitrogens with two attached hydrogens (primary N) is 1. The van der Waals surface area contributed by atoms with Crippen molar-refractivity contribution in [1.82, 2.24) is 4.98 Å². The molecule has 1 heterocycles. The Balaban J connectivity index is 2.48. The standard InChI is InChI=1S/C11H12N2OS/c12-9(6-15)11(14)8-5-13-10-4-2-1-3-7(8)10/h1-5,9,13,15H,6,12H2/t9-/m0/s1. The third-order valence-electron chi connectivity index (χ3n) is 2.39. The van der Waals surface area contributed by atoms with Gasteiger partial charge in [0.25, 0.3) is 0 Å². The van der Waals surface area contributed by atoms with Crippen LogP contribution in [0.2, 0.25) is 0 Å². The van der Waals surface area contributed by atoms with E-state index in [1.807, 2.05) is 24.3 Å². The van der Waals surface area contributed by atoms with Gasteiger partial charge in [0.2, 0.25) is 0 Å². The van der Waals surface area contributed by atoms with Crippen LogP contribution in [0.5, 0.6) is 0 Å². The minimum absolute atomic E-state index is 0.0672. The molecule has 0 saturated heterocycles. The fourth-order valence-electron chi connectivity index (χ4n) is 1.56. The summed E-state index contributed by atoms with van der Waals surface area (Å²) in [7, 11) is 0. The number of para-hydroxylation sites is 1. The Kier molecular flexibility index (Phi) is 2.79. The highest BCUT2D eigenvalue weighted by Gasteiger charge is 2.17. The van der Waals surface area contributed by atoms with E-state index in [1.165, 1.54) is 0 Å². The second-order valence-corrected chi connectivity index (χ2v) is 3.77. The molecule has 0 spiro atoms. The zero-order valence-electron chi connectivity index (χ0n) is 8.10. The Morgan fingerprint density at radius 1 is 1.47 bits per heavy atom. The Labute approximate surface area is 93.1 Å². The van der Waals surface area contributed by atoms with E-state index in [0.29, 0.717) is 11.3 Å². The predicted octanol–water partition coefficient (Wildman–Crippen LogP) is 1.61. The van der Waals surface area contributed by atoms with Gasteiger partial charge in [0.1, 0.15) is 0 Å². The Morgan fingerprint density at radius 3 is 2.93 bits per heavy atom. The first kappa shape index (κ1) is 10.3. The number of ketones is 1. The number of thiol groups is 1. The first-order valence-electron chi connectivity index (χ1n) is 4.71. The molecule has 0 aliphatic carbocycles. The van der Waals surface area contributed by atoms with Gasteiger partial charge in [-0.1, -0.05) is 18.2 Å². The number of aromatic amines is 1. The van der Waals surface area contributed by atoms with Crippen LogP contribution in [0.3, 0.4) is 0 Å². The largest absolute Gasteiger partial charge is 0.360 e. The molecular weight excluding hydrogens is 208 g/mol. The molecule has 0 saturated carbocycles. The van der Waals surface area contributed by atoms with E-state index in [2.05, 4.69) is 17.6 Å². The van der Waals surface area contributed by atoms with Crippen molar-refractivity contribution in [1.29, 1.82) is 0 Å². The minimum Gasteiger partial charge on any atom is -0.360 e. The van der Waals surface area contributed by atoms with E-state index < -0.39 is 6.04 Å². The van der Waals surface area contributed by atoms with Gasteiger partial charge in [-0.05, 0) is 6.07 Å². The van der Waals surface area contributed by atoms with Crippen molar-refractivity contribution in [3.63, 3.8) is 0 Å². The van der Waals surface area contributed by atoms with Crippen LogP contribution in [0, 0.1) is 0 Å². The van der Waals surface area contributed by atoms with E-state index >= 15 is 0 Å². The SMILES string of the molecule is N[C@@H](CS)C(=O)c1c[nH]c2ccccc12. The van der Waals surface area contributed by atoms with Crippen molar-refractivity contribution in [2.24, 2.45) is 5.73 Å². The first-order chi connectivity index (χ1) is 7.24. The third kappa shape index (κ3) is 1.78. The highest BCUT2D eigenvalue weighted by Crippen LogP contribution is 2.18. The Morgan fingerprint density at radius 2 is 2.20 bits per heavy atom. The number of Topliss-reactive ketones (excluding diaryl/α,β-unsaturated/α-hetero) is 1. The fourth-order valence-corrected chi connectivity index (χ4v) is 1.72. The summed E-state index contributed by atoms with van der Waals surface area (Å²) in [4.78, 5) is 14.9. The molecule has 1 aromatic carbocycles. The average Bonchev–Trinajstić information content (AvgIpc) is 2.70. The van der Waals surface area contributed by atoms with Crippen LogP contribution in [0.4, 0.5) is 0 Å². The first-order valence-corrected chi connectivity index (χ1v) is 5.34. The summed E-state index contributed by atoms with van der Waals surface area (Å²) in [5, 5.41) is 0.916. The second-order valence-electron chi connectivity index (χ2n) is 3.40. The third-order valence-corrected chi connectivity index (χ3v) is 2.78. The van der Waals surface area contributed by atoms with Gasteiger partial charge in [0, 0.05) is 28.4 Å². The van der Waals surface area contributed by atoms with Gasteiger partial charge >= 0.3 is 0 Å². The second kappa shape index (κ2) is 4.08. The zero-order valence-corrected chi connectivity index (χ0v) is 9.00. The number of aromatic nitrogens is 1. The Bertz CT molecular complexity index is 492. The van der Waals surface area contributed by atoms with Crippen LogP contribution in [0.1, 0.15) is 10.4 Å². The van der Waals surface area contributed by atoms with Crippen LogP contribution < -0.4 is 5.73 Å². The maximum atomic E-state index is 11.9. The molecule has 4 heteroatoms. The molecule has 0 bridgehead atoms. The summed E-state index contributed by atoms with van der Waals surface area (Å²) in [5.74, 6) is 0.292. The molecule has 0 fully saturated rings. The number of nitrogens with one attached hydrogen (secondary N) is 1. The number of rotatable bonds is 3. The lowest BCUT2D eigenvalue weighted by Gasteiger charge is -2.05. The molecule has 2 aromatic rings. The van der Waals surface area contributed by atoms with E-state index in [4.69, 9.17) is 5.73 Å². The quantitative estimate of drug-likeness (QED) is 0.543. The molecule has 78 valence electrons. The van der Waals surface area contributed by atoms with Gasteiger partial charge < -0.3 is 10.7 Å². The molecule has 0 amide bonds. The summed E-state index contributed by atoms with van der Waals surface area (Å²) >= 11 is 4.02. The number of hydrogen-bond donors (Lipinski definition) is 3. The molecule has 0 aliphatic rings. The molecular formula is C11H12N2OS. The fraction of sp³-hybridized carbons (Fsp3) is 0.182.